The molecule has 1 atom stereocenters. The van der Waals surface area contributed by atoms with Gasteiger partial charge < -0.3 is 15.5 Å². The molecule has 0 radical (unpaired) electrons. The van der Waals surface area contributed by atoms with Crippen molar-refractivity contribution in [2.75, 3.05) is 5.32 Å². The average molecular weight is 338 g/mol. The summed E-state index contributed by atoms with van der Waals surface area (Å²) in [6.07, 6.45) is -4.65. The molecule has 0 saturated heterocycles. The Hall–Kier alpha value is -1.80. The number of aromatic nitrogens is 1. The lowest BCUT2D eigenvalue weighted by Crippen LogP contribution is -2.39. The highest BCUT2D eigenvalue weighted by molar-refractivity contribution is 5.96. The van der Waals surface area contributed by atoms with E-state index in [1.165, 1.54) is 18.2 Å². The Bertz CT molecular complexity index is 670. The molecule has 122 valence electrons. The fourth-order valence-corrected chi connectivity index (χ4v) is 1.65. The predicted octanol–water partition coefficient (Wildman–Crippen LogP) is 3.19. The summed E-state index contributed by atoms with van der Waals surface area (Å²) in [6.45, 7) is 3.58. The van der Waals surface area contributed by atoms with E-state index in [-0.39, 0.29) is 29.4 Å². The van der Waals surface area contributed by atoms with E-state index in [1.807, 2.05) is 0 Å². The van der Waals surface area contributed by atoms with Crippen LogP contribution in [-0.2, 0) is 11.0 Å². The molecule has 2 aromatic rings. The zero-order chi connectivity index (χ0) is 15.8. The van der Waals surface area contributed by atoms with Gasteiger partial charge in [-0.3, -0.25) is 4.79 Å². The van der Waals surface area contributed by atoms with Gasteiger partial charge in [-0.15, -0.1) is 12.4 Å². The van der Waals surface area contributed by atoms with Crippen molar-refractivity contribution in [3.8, 4) is 0 Å². The summed E-state index contributed by atoms with van der Waals surface area (Å²) in [5, 5.41) is 2.54. The highest BCUT2D eigenvalue weighted by Gasteiger charge is 2.37. The van der Waals surface area contributed by atoms with Gasteiger partial charge in [-0.2, -0.15) is 13.2 Å². The fourth-order valence-electron chi connectivity index (χ4n) is 1.65. The molecule has 0 saturated carbocycles. The number of amides is 1. The zero-order valence-corrected chi connectivity index (χ0v) is 12.6. The van der Waals surface area contributed by atoms with Crippen LogP contribution in [0.1, 0.15) is 19.7 Å². The Balaban J connectivity index is 0.00000242. The second kappa shape index (κ2) is 6.53. The maximum absolute atomic E-state index is 12.5. The van der Waals surface area contributed by atoms with Crippen molar-refractivity contribution in [3.05, 3.63) is 24.1 Å². The third-order valence-corrected chi connectivity index (χ3v) is 2.92. The Morgan fingerprint density at radius 3 is 2.55 bits per heavy atom. The normalized spacial score (nSPS) is 13.0. The van der Waals surface area contributed by atoms with E-state index in [0.29, 0.717) is 5.69 Å². The van der Waals surface area contributed by atoms with E-state index >= 15 is 0 Å². The number of halogens is 4. The van der Waals surface area contributed by atoms with Crippen LogP contribution in [0.15, 0.2) is 22.6 Å². The van der Waals surface area contributed by atoms with E-state index in [0.717, 1.165) is 0 Å². The Kier molecular flexibility index (Phi) is 5.42. The first-order valence-corrected chi connectivity index (χ1v) is 6.22. The number of hydrogen-bond acceptors (Lipinski definition) is 4. The SMILES string of the molecule is CC(C)[C@H](N)C(=O)Nc1ccc2oc(C(F)(F)F)nc2c1.Cl. The quantitative estimate of drug-likeness (QED) is 0.901. The molecule has 0 spiro atoms. The van der Waals surface area contributed by atoms with E-state index in [9.17, 15) is 18.0 Å². The average Bonchev–Trinajstić information content (AvgIpc) is 2.80. The number of nitrogens with one attached hydrogen (secondary N) is 1. The first-order valence-electron chi connectivity index (χ1n) is 6.22. The predicted molar refractivity (Wildman–Crippen MR) is 77.7 cm³/mol. The standard InChI is InChI=1S/C13H14F3N3O2.ClH/c1-6(2)10(17)11(20)18-7-3-4-9-8(5-7)19-12(21-9)13(14,15)16;/h3-6,10H,17H2,1-2H3,(H,18,20);1H/t10-;/m0./s1. The van der Waals surface area contributed by atoms with E-state index in [2.05, 4.69) is 14.7 Å². The van der Waals surface area contributed by atoms with Crippen LogP contribution in [-0.4, -0.2) is 16.9 Å². The maximum atomic E-state index is 12.5. The number of hydrogen-bond donors (Lipinski definition) is 2. The molecule has 0 aliphatic carbocycles. The number of oxazole rings is 1. The van der Waals surface area contributed by atoms with Gasteiger partial charge in [-0.25, -0.2) is 4.98 Å². The number of nitrogens with two attached hydrogens (primary N) is 1. The molecule has 9 heteroatoms. The van der Waals surface area contributed by atoms with Gasteiger partial charge >= 0.3 is 12.1 Å². The number of fused-ring (bicyclic) bond motifs is 1. The molecule has 1 aromatic carbocycles. The van der Waals surface area contributed by atoms with Gasteiger partial charge in [0, 0.05) is 5.69 Å². The van der Waals surface area contributed by atoms with Crippen LogP contribution in [0, 0.1) is 5.92 Å². The number of nitrogens with zero attached hydrogens (tertiary/aromatic N) is 1. The minimum absolute atomic E-state index is 0. The third-order valence-electron chi connectivity index (χ3n) is 2.92. The van der Waals surface area contributed by atoms with Crippen LogP contribution in [0.4, 0.5) is 18.9 Å². The Morgan fingerprint density at radius 1 is 1.36 bits per heavy atom. The van der Waals surface area contributed by atoms with Gasteiger partial charge in [0.2, 0.25) is 5.91 Å². The number of carbonyl (C=O) groups is 1. The van der Waals surface area contributed by atoms with Crippen LogP contribution >= 0.6 is 12.4 Å². The number of anilines is 1. The zero-order valence-electron chi connectivity index (χ0n) is 11.8. The number of carbonyl (C=O) groups excluding carboxylic acids is 1. The van der Waals surface area contributed by atoms with Crippen LogP contribution in [0.3, 0.4) is 0 Å². The summed E-state index contributed by atoms with van der Waals surface area (Å²) in [5.41, 5.74) is 6.00. The van der Waals surface area contributed by atoms with Crippen LogP contribution in [0.5, 0.6) is 0 Å². The van der Waals surface area contributed by atoms with Crippen LogP contribution in [0.25, 0.3) is 11.1 Å². The van der Waals surface area contributed by atoms with Crippen molar-refractivity contribution < 1.29 is 22.4 Å². The maximum Gasteiger partial charge on any atom is 0.468 e. The second-order valence-corrected chi connectivity index (χ2v) is 4.96. The molecule has 3 N–H and O–H groups in total. The van der Waals surface area contributed by atoms with Crippen molar-refractivity contribution in [2.45, 2.75) is 26.1 Å². The topological polar surface area (TPSA) is 81.2 Å². The molecule has 2 rings (SSSR count). The Morgan fingerprint density at radius 2 is 2.00 bits per heavy atom. The highest BCUT2D eigenvalue weighted by atomic mass is 35.5. The van der Waals surface area contributed by atoms with E-state index in [4.69, 9.17) is 5.73 Å². The van der Waals surface area contributed by atoms with Gasteiger partial charge in [0.15, 0.2) is 5.58 Å². The first kappa shape index (κ1) is 18.2. The van der Waals surface area contributed by atoms with Gasteiger partial charge in [0.25, 0.3) is 0 Å². The van der Waals surface area contributed by atoms with Crippen molar-refractivity contribution in [3.63, 3.8) is 0 Å². The van der Waals surface area contributed by atoms with Gasteiger partial charge in [0.1, 0.15) is 5.52 Å². The van der Waals surface area contributed by atoms with Crippen LogP contribution < -0.4 is 11.1 Å². The lowest BCUT2D eigenvalue weighted by molar-refractivity contribution is -0.156. The molecule has 1 amide bonds. The molecule has 0 aliphatic heterocycles. The largest absolute Gasteiger partial charge is 0.468 e. The molecular formula is C13H15ClF3N3O2. The number of alkyl halides is 3. The molecule has 1 heterocycles. The smallest absolute Gasteiger partial charge is 0.433 e. The van der Waals surface area contributed by atoms with E-state index < -0.39 is 24.0 Å². The fraction of sp³-hybridized carbons (Fsp3) is 0.385. The second-order valence-electron chi connectivity index (χ2n) is 4.96. The minimum Gasteiger partial charge on any atom is -0.433 e. The first-order chi connectivity index (χ1) is 9.68. The summed E-state index contributed by atoms with van der Waals surface area (Å²) < 4.78 is 42.1. The van der Waals surface area contributed by atoms with Crippen LogP contribution in [0.2, 0.25) is 0 Å². The summed E-state index contributed by atoms with van der Waals surface area (Å²) in [4.78, 5) is 15.2. The molecule has 0 fully saturated rings. The molecular weight excluding hydrogens is 323 g/mol. The monoisotopic (exact) mass is 337 g/mol. The molecule has 22 heavy (non-hydrogen) atoms. The number of rotatable bonds is 3. The minimum atomic E-state index is -4.65. The lowest BCUT2D eigenvalue weighted by Gasteiger charge is -2.15. The van der Waals surface area contributed by atoms with Gasteiger partial charge in [-0.1, -0.05) is 13.8 Å². The number of benzene rings is 1. The van der Waals surface area contributed by atoms with Crippen molar-refractivity contribution in [2.24, 2.45) is 11.7 Å². The molecule has 1 aromatic heterocycles. The van der Waals surface area contributed by atoms with Crippen molar-refractivity contribution >= 4 is 35.1 Å². The summed E-state index contributed by atoms with van der Waals surface area (Å²) in [7, 11) is 0. The summed E-state index contributed by atoms with van der Waals surface area (Å²) >= 11 is 0. The Labute approximate surface area is 130 Å². The molecule has 5 nitrogen and oxygen atoms in total. The van der Waals surface area contributed by atoms with Gasteiger partial charge in [-0.05, 0) is 24.1 Å². The summed E-state index contributed by atoms with van der Waals surface area (Å²) in [6, 6.07) is 3.34. The lowest BCUT2D eigenvalue weighted by atomic mass is 10.0. The highest BCUT2D eigenvalue weighted by Crippen LogP contribution is 2.31. The molecule has 0 unspecified atom stereocenters. The third kappa shape index (κ3) is 3.89. The van der Waals surface area contributed by atoms with E-state index in [1.54, 1.807) is 13.8 Å². The van der Waals surface area contributed by atoms with Gasteiger partial charge in [0.05, 0.1) is 6.04 Å². The molecule has 0 bridgehead atoms. The van der Waals surface area contributed by atoms with Crippen molar-refractivity contribution in [1.29, 1.82) is 0 Å². The summed E-state index contributed by atoms with van der Waals surface area (Å²) in [5.74, 6) is -1.79. The molecule has 0 aliphatic rings. The van der Waals surface area contributed by atoms with Crippen molar-refractivity contribution in [1.82, 2.24) is 4.98 Å².